The molecule has 1 unspecified atom stereocenters. The van der Waals surface area contributed by atoms with Crippen LogP contribution < -0.4 is 0 Å². The molecule has 1 aromatic heterocycles. The van der Waals surface area contributed by atoms with Crippen LogP contribution in [0.5, 0.6) is 5.75 Å². The van der Waals surface area contributed by atoms with Crippen molar-refractivity contribution in [2.75, 3.05) is 46.8 Å². The Hall–Kier alpha value is -3.56. The van der Waals surface area contributed by atoms with E-state index in [-0.39, 0.29) is 33.8 Å². The first-order chi connectivity index (χ1) is 18.3. The number of rotatable bonds is 8. The molecule has 1 atom stereocenters. The number of nitrogens with zero attached hydrogens (tertiary/aromatic N) is 5. The van der Waals surface area contributed by atoms with Gasteiger partial charge in [0, 0.05) is 44.5 Å². The first-order valence-electron chi connectivity index (χ1n) is 13.3. The van der Waals surface area contributed by atoms with Gasteiger partial charge >= 0.3 is 0 Å². The Labute approximate surface area is 222 Å². The van der Waals surface area contributed by atoms with Crippen LogP contribution in [0.2, 0.25) is 0 Å². The van der Waals surface area contributed by atoms with Crippen molar-refractivity contribution in [1.82, 2.24) is 19.7 Å². The highest BCUT2D eigenvalue weighted by Crippen LogP contribution is 2.35. The normalized spacial score (nSPS) is 18.1. The third-order valence-electron chi connectivity index (χ3n) is 7.95. The Morgan fingerprint density at radius 2 is 1.89 bits per heavy atom. The SMILES string of the molecule is CN(C)CCN(CC1CCCN(C2Cc3ccccc3C2)C1)C(=O)c1cc([N+](=O)[O-])c2cccnc2c1O. The molecule has 0 spiro atoms. The molecule has 1 aliphatic heterocycles. The highest BCUT2D eigenvalue weighted by molar-refractivity contribution is 6.05. The van der Waals surface area contributed by atoms with Gasteiger partial charge in [0.1, 0.15) is 5.52 Å². The van der Waals surface area contributed by atoms with E-state index in [1.807, 2.05) is 19.0 Å². The summed E-state index contributed by atoms with van der Waals surface area (Å²) in [5.74, 6) is -0.417. The number of non-ortho nitro benzene ring substituents is 1. The molecule has 1 aliphatic carbocycles. The first kappa shape index (κ1) is 26.1. The molecule has 1 amide bonds. The summed E-state index contributed by atoms with van der Waals surface area (Å²) in [6.45, 7) is 3.62. The quantitative estimate of drug-likeness (QED) is 0.359. The summed E-state index contributed by atoms with van der Waals surface area (Å²) in [7, 11) is 3.90. The predicted molar refractivity (Wildman–Crippen MR) is 146 cm³/mol. The van der Waals surface area contributed by atoms with Crippen molar-refractivity contribution < 1.29 is 14.8 Å². The Kier molecular flexibility index (Phi) is 7.58. The lowest BCUT2D eigenvalue weighted by molar-refractivity contribution is -0.383. The number of carbonyl (C=O) groups excluding carboxylic acids is 1. The van der Waals surface area contributed by atoms with Gasteiger partial charge in [0.05, 0.1) is 15.9 Å². The molecule has 9 nitrogen and oxygen atoms in total. The van der Waals surface area contributed by atoms with Crippen molar-refractivity contribution in [2.24, 2.45) is 5.92 Å². The molecule has 2 heterocycles. The van der Waals surface area contributed by atoms with E-state index in [0.717, 1.165) is 38.8 Å². The van der Waals surface area contributed by atoms with Gasteiger partial charge in [-0.3, -0.25) is 24.8 Å². The highest BCUT2D eigenvalue weighted by atomic mass is 16.6. The van der Waals surface area contributed by atoms with Crippen LogP contribution in [0, 0.1) is 16.0 Å². The van der Waals surface area contributed by atoms with E-state index >= 15 is 0 Å². The lowest BCUT2D eigenvalue weighted by atomic mass is 9.95. The van der Waals surface area contributed by atoms with Gasteiger partial charge in [-0.15, -0.1) is 0 Å². The van der Waals surface area contributed by atoms with Gasteiger partial charge in [-0.05, 0) is 75.5 Å². The van der Waals surface area contributed by atoms with E-state index in [9.17, 15) is 20.0 Å². The Balaban J connectivity index is 1.37. The average molecular weight is 518 g/mol. The van der Waals surface area contributed by atoms with Gasteiger partial charge in [0.2, 0.25) is 0 Å². The van der Waals surface area contributed by atoms with Crippen LogP contribution in [0.1, 0.15) is 34.3 Å². The number of amides is 1. The monoisotopic (exact) mass is 517 g/mol. The maximum atomic E-state index is 13.8. The fraction of sp³-hybridized carbons (Fsp3) is 0.448. The molecule has 9 heteroatoms. The number of hydrogen-bond donors (Lipinski definition) is 1. The minimum Gasteiger partial charge on any atom is -0.505 e. The summed E-state index contributed by atoms with van der Waals surface area (Å²) in [5, 5.41) is 23.0. The molecule has 2 aromatic carbocycles. The summed E-state index contributed by atoms with van der Waals surface area (Å²) in [6.07, 6.45) is 5.68. The molecular weight excluding hydrogens is 482 g/mol. The Morgan fingerprint density at radius 3 is 2.58 bits per heavy atom. The topological polar surface area (TPSA) is 103 Å². The number of likely N-dealkylation sites (N-methyl/N-ethyl adjacent to an activating group) is 1. The lowest BCUT2D eigenvalue weighted by Gasteiger charge is -2.39. The maximum absolute atomic E-state index is 13.8. The fourth-order valence-electron chi connectivity index (χ4n) is 5.98. The minimum atomic E-state index is -0.525. The Morgan fingerprint density at radius 1 is 1.16 bits per heavy atom. The average Bonchev–Trinajstić information content (AvgIpc) is 3.35. The zero-order valence-corrected chi connectivity index (χ0v) is 22.0. The summed E-state index contributed by atoms with van der Waals surface area (Å²) < 4.78 is 0. The van der Waals surface area contributed by atoms with E-state index < -0.39 is 10.8 Å². The first-order valence-corrected chi connectivity index (χ1v) is 13.3. The zero-order chi connectivity index (χ0) is 26.8. The fourth-order valence-corrected chi connectivity index (χ4v) is 5.98. The molecule has 3 aromatic rings. The Bertz CT molecular complexity index is 1320. The van der Waals surface area contributed by atoms with Crippen molar-refractivity contribution in [1.29, 1.82) is 0 Å². The van der Waals surface area contributed by atoms with E-state index in [2.05, 4.69) is 34.1 Å². The molecule has 0 radical (unpaired) electrons. The third-order valence-corrected chi connectivity index (χ3v) is 7.95. The van der Waals surface area contributed by atoms with E-state index in [4.69, 9.17) is 0 Å². The number of aromatic nitrogens is 1. The number of carbonyl (C=O) groups is 1. The predicted octanol–water partition coefficient (Wildman–Crippen LogP) is 3.73. The molecule has 5 rings (SSSR count). The molecule has 38 heavy (non-hydrogen) atoms. The van der Waals surface area contributed by atoms with Crippen LogP contribution >= 0.6 is 0 Å². The number of benzene rings is 2. The van der Waals surface area contributed by atoms with Crippen molar-refractivity contribution in [3.63, 3.8) is 0 Å². The van der Waals surface area contributed by atoms with Crippen molar-refractivity contribution in [3.8, 4) is 5.75 Å². The molecule has 200 valence electrons. The summed E-state index contributed by atoms with van der Waals surface area (Å²) in [5.41, 5.74) is 2.64. The van der Waals surface area contributed by atoms with E-state index in [0.29, 0.717) is 25.7 Å². The maximum Gasteiger partial charge on any atom is 0.279 e. The molecule has 2 aliphatic rings. The van der Waals surface area contributed by atoms with Crippen LogP contribution in [0.4, 0.5) is 5.69 Å². The summed E-state index contributed by atoms with van der Waals surface area (Å²) >= 11 is 0. The second-order valence-electron chi connectivity index (χ2n) is 10.8. The number of likely N-dealkylation sites (tertiary alicyclic amines) is 1. The van der Waals surface area contributed by atoms with Gasteiger partial charge in [0.15, 0.2) is 5.75 Å². The molecular formula is C29H35N5O4. The van der Waals surface area contributed by atoms with Crippen LogP contribution in [0.15, 0.2) is 48.7 Å². The number of piperidine rings is 1. The largest absolute Gasteiger partial charge is 0.505 e. The highest BCUT2D eigenvalue weighted by Gasteiger charge is 2.33. The summed E-state index contributed by atoms with van der Waals surface area (Å²) in [6, 6.07) is 13.5. The minimum absolute atomic E-state index is 0.0689. The van der Waals surface area contributed by atoms with Crippen molar-refractivity contribution >= 4 is 22.5 Å². The lowest BCUT2D eigenvalue weighted by Crippen LogP contribution is -2.48. The van der Waals surface area contributed by atoms with Gasteiger partial charge < -0.3 is 14.9 Å². The zero-order valence-electron chi connectivity index (χ0n) is 22.0. The molecule has 1 fully saturated rings. The van der Waals surface area contributed by atoms with E-state index in [1.165, 1.54) is 29.5 Å². The number of hydrogen-bond acceptors (Lipinski definition) is 7. The standard InChI is InChI=1S/C29H35N5O4/c1-31(2)13-14-33(29(36)25-17-26(34(37)38)24-10-5-11-30-27(24)28(25)35)19-20-7-6-12-32(18-20)23-15-21-8-3-4-9-22(21)16-23/h3-5,8-11,17,20,23,35H,6-7,12-16,18-19H2,1-2H3. The van der Waals surface area contributed by atoms with Gasteiger partial charge in [0.25, 0.3) is 11.6 Å². The number of pyridine rings is 1. The van der Waals surface area contributed by atoms with Crippen molar-refractivity contribution in [2.45, 2.75) is 31.7 Å². The number of phenols is 1. The number of aromatic hydroxyl groups is 1. The van der Waals surface area contributed by atoms with Crippen LogP contribution in [-0.2, 0) is 12.8 Å². The van der Waals surface area contributed by atoms with Gasteiger partial charge in [-0.2, -0.15) is 0 Å². The number of fused-ring (bicyclic) bond motifs is 2. The van der Waals surface area contributed by atoms with Crippen LogP contribution in [0.3, 0.4) is 0 Å². The van der Waals surface area contributed by atoms with Crippen LogP contribution in [0.25, 0.3) is 10.9 Å². The molecule has 0 saturated carbocycles. The second kappa shape index (κ2) is 11.0. The second-order valence-corrected chi connectivity index (χ2v) is 10.8. The van der Waals surface area contributed by atoms with Crippen molar-refractivity contribution in [3.05, 3.63) is 75.5 Å². The van der Waals surface area contributed by atoms with Gasteiger partial charge in [-0.1, -0.05) is 24.3 Å². The van der Waals surface area contributed by atoms with E-state index in [1.54, 1.807) is 11.0 Å². The molecule has 1 saturated heterocycles. The number of nitro benzene ring substituents is 1. The van der Waals surface area contributed by atoms with Crippen LogP contribution in [-0.4, -0.2) is 88.5 Å². The smallest absolute Gasteiger partial charge is 0.279 e. The number of phenolic OH excluding ortho intramolecular Hbond substituents is 1. The molecule has 0 bridgehead atoms. The number of nitro groups is 1. The van der Waals surface area contributed by atoms with Gasteiger partial charge in [-0.25, -0.2) is 0 Å². The molecule has 1 N–H and O–H groups in total. The third kappa shape index (κ3) is 5.35. The summed E-state index contributed by atoms with van der Waals surface area (Å²) in [4.78, 5) is 35.6.